The molecule has 0 saturated carbocycles. The molecule has 3 rings (SSSR count). The van der Waals surface area contributed by atoms with Crippen LogP contribution < -0.4 is 5.32 Å². The predicted molar refractivity (Wildman–Crippen MR) is 79.9 cm³/mol. The highest BCUT2D eigenvalue weighted by Gasteiger charge is 2.42. The Morgan fingerprint density at radius 1 is 1.24 bits per heavy atom. The molecule has 0 bridgehead atoms. The Hall–Kier alpha value is -2.43. The first-order chi connectivity index (χ1) is 10.0. The van der Waals surface area contributed by atoms with Gasteiger partial charge in [-0.1, -0.05) is 38.1 Å². The first-order valence-electron chi connectivity index (χ1n) is 6.92. The molecule has 108 valence electrons. The molecule has 0 radical (unpaired) electrons. The van der Waals surface area contributed by atoms with Crippen LogP contribution in [0.4, 0.5) is 0 Å². The Morgan fingerprint density at radius 3 is 2.52 bits per heavy atom. The van der Waals surface area contributed by atoms with Crippen molar-refractivity contribution in [1.82, 2.24) is 10.3 Å². The fourth-order valence-corrected chi connectivity index (χ4v) is 2.32. The highest BCUT2D eigenvalue weighted by molar-refractivity contribution is 6.17. The van der Waals surface area contributed by atoms with Crippen molar-refractivity contribution in [1.29, 1.82) is 0 Å². The number of aromatic nitrogens is 1. The van der Waals surface area contributed by atoms with Crippen molar-refractivity contribution < 1.29 is 9.21 Å². The van der Waals surface area contributed by atoms with Crippen LogP contribution >= 0.6 is 0 Å². The van der Waals surface area contributed by atoms with Crippen LogP contribution in [-0.4, -0.2) is 22.3 Å². The average molecular weight is 283 g/mol. The molecule has 0 aliphatic carbocycles. The molecule has 5 nitrogen and oxygen atoms in total. The smallest absolute Gasteiger partial charge is 0.253 e. The first kappa shape index (κ1) is 13.5. The quantitative estimate of drug-likeness (QED) is 0.941. The molecule has 21 heavy (non-hydrogen) atoms. The highest BCUT2D eigenvalue weighted by Crippen LogP contribution is 2.30. The third kappa shape index (κ3) is 2.14. The normalized spacial score (nSPS) is 21.5. The van der Waals surface area contributed by atoms with Crippen molar-refractivity contribution in [3.63, 3.8) is 0 Å². The van der Waals surface area contributed by atoms with E-state index in [4.69, 9.17) is 4.42 Å². The van der Waals surface area contributed by atoms with Gasteiger partial charge in [-0.3, -0.25) is 9.79 Å². The van der Waals surface area contributed by atoms with Gasteiger partial charge in [0, 0.05) is 11.1 Å². The zero-order chi connectivity index (χ0) is 15.0. The van der Waals surface area contributed by atoms with Crippen molar-refractivity contribution in [3.8, 4) is 11.3 Å². The molecule has 5 heteroatoms. The third-order valence-corrected chi connectivity index (χ3v) is 4.04. The van der Waals surface area contributed by atoms with Crippen LogP contribution in [0.5, 0.6) is 0 Å². The largest absolute Gasteiger partial charge is 0.443 e. The van der Waals surface area contributed by atoms with E-state index in [0.717, 1.165) is 11.1 Å². The highest BCUT2D eigenvalue weighted by atomic mass is 16.3. The molecule has 1 atom stereocenters. The average Bonchev–Trinajstić information content (AvgIpc) is 3.09. The Labute approximate surface area is 123 Å². The van der Waals surface area contributed by atoms with Gasteiger partial charge in [-0.25, -0.2) is 4.98 Å². The van der Waals surface area contributed by atoms with E-state index >= 15 is 0 Å². The number of hydrogen-bond donors (Lipinski definition) is 1. The van der Waals surface area contributed by atoms with Gasteiger partial charge < -0.3 is 9.73 Å². The maximum atomic E-state index is 12.3. The van der Waals surface area contributed by atoms with Crippen molar-refractivity contribution >= 4 is 11.7 Å². The van der Waals surface area contributed by atoms with E-state index in [0.29, 0.717) is 11.6 Å². The number of nitrogens with zero attached hydrogens (tertiary/aromatic N) is 2. The monoisotopic (exact) mass is 283 g/mol. The summed E-state index contributed by atoms with van der Waals surface area (Å²) in [6, 6.07) is 7.67. The van der Waals surface area contributed by atoms with Gasteiger partial charge in [0.1, 0.15) is 11.4 Å². The molecule has 1 aliphatic rings. The van der Waals surface area contributed by atoms with Crippen LogP contribution in [0.1, 0.15) is 26.3 Å². The first-order valence-corrected chi connectivity index (χ1v) is 6.92. The lowest BCUT2D eigenvalue weighted by Gasteiger charge is -2.21. The van der Waals surface area contributed by atoms with Crippen LogP contribution in [0.15, 0.2) is 46.3 Å². The number of oxazole rings is 1. The Bertz CT molecular complexity index is 704. The predicted octanol–water partition coefficient (Wildman–Crippen LogP) is 2.63. The number of carbonyl (C=O) groups is 1. The summed E-state index contributed by atoms with van der Waals surface area (Å²) in [4.78, 5) is 20.8. The van der Waals surface area contributed by atoms with Crippen LogP contribution in [0.3, 0.4) is 0 Å². The topological polar surface area (TPSA) is 67.5 Å². The number of amides is 1. The lowest BCUT2D eigenvalue weighted by atomic mass is 9.89. The van der Waals surface area contributed by atoms with Crippen LogP contribution in [0.25, 0.3) is 11.3 Å². The van der Waals surface area contributed by atoms with Crippen molar-refractivity contribution in [2.75, 3.05) is 0 Å². The van der Waals surface area contributed by atoms with E-state index < -0.39 is 5.54 Å². The molecule has 0 fully saturated rings. The van der Waals surface area contributed by atoms with Crippen molar-refractivity contribution in [2.45, 2.75) is 26.3 Å². The molecular weight excluding hydrogens is 266 g/mol. The van der Waals surface area contributed by atoms with Gasteiger partial charge >= 0.3 is 0 Å². The number of hydrogen-bond acceptors (Lipinski definition) is 4. The number of rotatable bonds is 3. The van der Waals surface area contributed by atoms with Gasteiger partial charge in [0.2, 0.25) is 0 Å². The van der Waals surface area contributed by atoms with Crippen LogP contribution in [0, 0.1) is 5.92 Å². The molecule has 0 spiro atoms. The summed E-state index contributed by atoms with van der Waals surface area (Å²) in [5, 5.41) is 2.89. The molecule has 2 aromatic rings. The second-order valence-electron chi connectivity index (χ2n) is 5.63. The summed E-state index contributed by atoms with van der Waals surface area (Å²) in [7, 11) is 0. The van der Waals surface area contributed by atoms with E-state index in [1.54, 1.807) is 6.20 Å². The van der Waals surface area contributed by atoms with E-state index in [1.165, 1.54) is 6.39 Å². The van der Waals surface area contributed by atoms with Gasteiger partial charge in [0.05, 0.1) is 6.20 Å². The van der Waals surface area contributed by atoms with E-state index in [-0.39, 0.29) is 11.8 Å². The fraction of sp³-hybridized carbons (Fsp3) is 0.312. The molecule has 2 heterocycles. The van der Waals surface area contributed by atoms with Crippen LogP contribution in [0.2, 0.25) is 0 Å². The summed E-state index contributed by atoms with van der Waals surface area (Å²) >= 11 is 0. The Kier molecular flexibility index (Phi) is 3.12. The number of carbonyl (C=O) groups excluding carboxylic acids is 1. The number of aliphatic imine (C=N–C) groups is 1. The maximum Gasteiger partial charge on any atom is 0.253 e. The molecule has 1 N–H and O–H groups in total. The number of benzene rings is 1. The van der Waals surface area contributed by atoms with Crippen LogP contribution in [-0.2, 0) is 4.79 Å². The van der Waals surface area contributed by atoms with E-state index in [2.05, 4.69) is 15.3 Å². The van der Waals surface area contributed by atoms with Crippen molar-refractivity contribution in [3.05, 3.63) is 42.4 Å². The molecule has 0 saturated heterocycles. The second kappa shape index (κ2) is 4.84. The summed E-state index contributed by atoms with van der Waals surface area (Å²) < 4.78 is 5.37. The zero-order valence-corrected chi connectivity index (χ0v) is 12.3. The Morgan fingerprint density at radius 2 is 1.95 bits per heavy atom. The molecule has 1 aromatic heterocycles. The van der Waals surface area contributed by atoms with Crippen molar-refractivity contribution in [2.24, 2.45) is 10.9 Å². The summed E-state index contributed by atoms with van der Waals surface area (Å²) in [5.74, 6) is 1.29. The molecule has 1 unspecified atom stereocenters. The second-order valence-corrected chi connectivity index (χ2v) is 5.63. The van der Waals surface area contributed by atoms with Gasteiger partial charge in [-0.2, -0.15) is 0 Å². The molecule has 1 aliphatic heterocycles. The van der Waals surface area contributed by atoms with Gasteiger partial charge in [-0.05, 0) is 12.8 Å². The van der Waals surface area contributed by atoms with Gasteiger partial charge in [0.25, 0.3) is 5.91 Å². The third-order valence-electron chi connectivity index (χ3n) is 4.04. The maximum absolute atomic E-state index is 12.3. The lowest BCUT2D eigenvalue weighted by Crippen LogP contribution is -2.41. The standard InChI is InChI=1S/C16H17N3O2/c1-10(2)16(3)15(20)18-14(19-16)12-7-5-4-6-11(12)13-8-17-9-21-13/h4-10H,1-3H3,(H,18,19,20). The minimum absolute atomic E-state index is 0.0696. The van der Waals surface area contributed by atoms with Gasteiger partial charge in [-0.15, -0.1) is 0 Å². The van der Waals surface area contributed by atoms with E-state index in [1.807, 2.05) is 45.0 Å². The fourth-order valence-electron chi connectivity index (χ4n) is 2.32. The molecular formula is C16H17N3O2. The summed E-state index contributed by atoms with van der Waals surface area (Å²) in [5.41, 5.74) is 0.971. The SMILES string of the molecule is CC(C)C1(C)N=C(c2ccccc2-c2cnco2)NC1=O. The minimum Gasteiger partial charge on any atom is -0.443 e. The molecule has 1 amide bonds. The summed E-state index contributed by atoms with van der Waals surface area (Å²) in [6.07, 6.45) is 3.04. The minimum atomic E-state index is -0.732. The lowest BCUT2D eigenvalue weighted by molar-refractivity contribution is -0.124. The number of nitrogens with one attached hydrogen (secondary N) is 1. The Balaban J connectivity index is 2.09. The van der Waals surface area contributed by atoms with E-state index in [9.17, 15) is 4.79 Å². The number of amidine groups is 1. The van der Waals surface area contributed by atoms with Gasteiger partial charge in [0.15, 0.2) is 12.2 Å². The molecule has 1 aromatic carbocycles. The zero-order valence-electron chi connectivity index (χ0n) is 12.3. The summed E-state index contributed by atoms with van der Waals surface area (Å²) in [6.45, 7) is 5.85.